The maximum absolute atomic E-state index is 10.7. The van der Waals surface area contributed by atoms with Crippen LogP contribution in [0.4, 0.5) is 0 Å². The Morgan fingerprint density at radius 1 is 1.26 bits per heavy atom. The molecule has 3 heteroatoms. The van der Waals surface area contributed by atoms with Crippen molar-refractivity contribution in [2.24, 2.45) is 0 Å². The summed E-state index contributed by atoms with van der Waals surface area (Å²) in [4.78, 5) is 10.7. The van der Waals surface area contributed by atoms with E-state index in [0.29, 0.717) is 13.2 Å². The molecule has 1 aliphatic rings. The van der Waals surface area contributed by atoms with E-state index in [1.807, 2.05) is 0 Å². The van der Waals surface area contributed by atoms with Crippen LogP contribution in [0.2, 0.25) is 0 Å². The van der Waals surface area contributed by atoms with Gasteiger partial charge in [-0.25, -0.2) is 0 Å². The quantitative estimate of drug-likeness (QED) is 0.798. The van der Waals surface area contributed by atoms with Crippen LogP contribution >= 0.6 is 0 Å². The number of carbonyl (C=O) groups excluding carboxylic acids is 1. The number of amides is 1. The van der Waals surface area contributed by atoms with E-state index in [2.05, 4.69) is 29.6 Å². The van der Waals surface area contributed by atoms with Gasteiger partial charge in [0.2, 0.25) is 5.91 Å². The van der Waals surface area contributed by atoms with E-state index >= 15 is 0 Å². The van der Waals surface area contributed by atoms with Gasteiger partial charge in [-0.15, -0.1) is 0 Å². The van der Waals surface area contributed by atoms with E-state index in [1.165, 1.54) is 38.2 Å². The number of benzene rings is 1. The average molecular weight is 261 g/mol. The van der Waals surface area contributed by atoms with Crippen molar-refractivity contribution in [3.8, 4) is 5.75 Å². The number of carbonyl (C=O) groups is 1. The van der Waals surface area contributed by atoms with Crippen molar-refractivity contribution in [1.82, 2.24) is 5.32 Å². The van der Waals surface area contributed by atoms with Gasteiger partial charge < -0.3 is 10.1 Å². The second kappa shape index (κ2) is 7.17. The molecule has 0 aliphatic heterocycles. The zero-order valence-corrected chi connectivity index (χ0v) is 11.7. The van der Waals surface area contributed by atoms with Crippen molar-refractivity contribution >= 4 is 5.91 Å². The molecule has 1 aromatic carbocycles. The lowest BCUT2D eigenvalue weighted by molar-refractivity contribution is -0.118. The molecule has 0 atom stereocenters. The second-order valence-electron chi connectivity index (χ2n) is 5.24. The Balaban J connectivity index is 1.71. The van der Waals surface area contributed by atoms with Crippen LogP contribution in [0.25, 0.3) is 0 Å². The van der Waals surface area contributed by atoms with Gasteiger partial charge in [0.05, 0.1) is 6.61 Å². The Hall–Kier alpha value is -1.51. The third-order valence-corrected chi connectivity index (χ3v) is 3.67. The highest BCUT2D eigenvalue weighted by atomic mass is 16.5. The number of rotatable bonds is 6. The average Bonchev–Trinajstić information content (AvgIpc) is 2.93. The summed E-state index contributed by atoms with van der Waals surface area (Å²) in [6.07, 6.45) is 6.23. The molecule has 1 aromatic rings. The maximum atomic E-state index is 10.7. The Labute approximate surface area is 115 Å². The van der Waals surface area contributed by atoms with Gasteiger partial charge in [0.15, 0.2) is 0 Å². The minimum Gasteiger partial charge on any atom is -0.494 e. The van der Waals surface area contributed by atoms with Crippen molar-refractivity contribution in [3.05, 3.63) is 29.8 Å². The normalized spacial score (nSPS) is 15.4. The standard InChI is InChI=1S/C16H23NO2/c1-13(18)17-11-4-12-19-16-9-7-15(8-10-16)14-5-2-3-6-14/h7-10,14H,2-6,11-12H2,1H3,(H,17,18). The van der Waals surface area contributed by atoms with Crippen LogP contribution in [-0.4, -0.2) is 19.1 Å². The minimum atomic E-state index is 0.0147. The van der Waals surface area contributed by atoms with Crippen LogP contribution in [-0.2, 0) is 4.79 Å². The van der Waals surface area contributed by atoms with E-state index in [0.717, 1.165) is 18.1 Å². The highest BCUT2D eigenvalue weighted by molar-refractivity contribution is 5.72. The third-order valence-electron chi connectivity index (χ3n) is 3.67. The third kappa shape index (κ3) is 4.58. The molecule has 104 valence electrons. The lowest BCUT2D eigenvalue weighted by Crippen LogP contribution is -2.22. The summed E-state index contributed by atoms with van der Waals surface area (Å²) in [5, 5.41) is 2.76. The number of hydrogen-bond donors (Lipinski definition) is 1. The van der Waals surface area contributed by atoms with Gasteiger partial charge in [-0.05, 0) is 42.9 Å². The lowest BCUT2D eigenvalue weighted by atomic mass is 9.98. The lowest BCUT2D eigenvalue weighted by Gasteiger charge is -2.11. The predicted octanol–water partition coefficient (Wildman–Crippen LogP) is 3.25. The van der Waals surface area contributed by atoms with Crippen molar-refractivity contribution < 1.29 is 9.53 Å². The predicted molar refractivity (Wildman–Crippen MR) is 76.4 cm³/mol. The molecule has 1 saturated carbocycles. The SMILES string of the molecule is CC(=O)NCCCOc1ccc(C2CCCC2)cc1. The van der Waals surface area contributed by atoms with Gasteiger partial charge in [0.1, 0.15) is 5.75 Å². The molecule has 0 aromatic heterocycles. The summed E-state index contributed by atoms with van der Waals surface area (Å²) >= 11 is 0. The molecule has 0 unspecified atom stereocenters. The summed E-state index contributed by atoms with van der Waals surface area (Å²) in [5.41, 5.74) is 1.45. The second-order valence-corrected chi connectivity index (χ2v) is 5.24. The molecule has 0 saturated heterocycles. The van der Waals surface area contributed by atoms with Crippen LogP contribution < -0.4 is 10.1 Å². The molecule has 1 N–H and O–H groups in total. The number of hydrogen-bond acceptors (Lipinski definition) is 2. The molecular formula is C16H23NO2. The largest absolute Gasteiger partial charge is 0.494 e. The summed E-state index contributed by atoms with van der Waals surface area (Å²) in [7, 11) is 0. The van der Waals surface area contributed by atoms with Crippen LogP contribution in [0.1, 0.15) is 50.5 Å². The maximum Gasteiger partial charge on any atom is 0.216 e. The fourth-order valence-electron chi connectivity index (χ4n) is 2.62. The highest BCUT2D eigenvalue weighted by Gasteiger charge is 2.16. The van der Waals surface area contributed by atoms with Crippen molar-refractivity contribution in [2.45, 2.75) is 44.9 Å². The molecule has 1 aliphatic carbocycles. The Bertz CT molecular complexity index is 394. The van der Waals surface area contributed by atoms with Crippen LogP contribution in [0.3, 0.4) is 0 Å². The monoisotopic (exact) mass is 261 g/mol. The first kappa shape index (κ1) is 13.9. The van der Waals surface area contributed by atoms with Gasteiger partial charge in [0.25, 0.3) is 0 Å². The highest BCUT2D eigenvalue weighted by Crippen LogP contribution is 2.34. The molecule has 0 radical (unpaired) electrons. The van der Waals surface area contributed by atoms with Gasteiger partial charge in [-0.3, -0.25) is 4.79 Å². The zero-order valence-electron chi connectivity index (χ0n) is 11.7. The molecular weight excluding hydrogens is 238 g/mol. The number of nitrogens with one attached hydrogen (secondary N) is 1. The van der Waals surface area contributed by atoms with Crippen LogP contribution in [0.15, 0.2) is 24.3 Å². The van der Waals surface area contributed by atoms with Crippen LogP contribution in [0.5, 0.6) is 5.75 Å². The molecule has 3 nitrogen and oxygen atoms in total. The zero-order chi connectivity index (χ0) is 13.5. The summed E-state index contributed by atoms with van der Waals surface area (Å²) in [5.74, 6) is 1.69. The first-order valence-electron chi connectivity index (χ1n) is 7.23. The molecule has 1 fully saturated rings. The van der Waals surface area contributed by atoms with Crippen LogP contribution in [0, 0.1) is 0 Å². The van der Waals surface area contributed by atoms with Gasteiger partial charge in [0, 0.05) is 13.5 Å². The molecule has 0 spiro atoms. The van der Waals surface area contributed by atoms with Crippen molar-refractivity contribution in [2.75, 3.05) is 13.2 Å². The van der Waals surface area contributed by atoms with E-state index < -0.39 is 0 Å². The minimum absolute atomic E-state index is 0.0147. The van der Waals surface area contributed by atoms with E-state index in [1.54, 1.807) is 0 Å². The first-order chi connectivity index (χ1) is 9.25. The topological polar surface area (TPSA) is 38.3 Å². The summed E-state index contributed by atoms with van der Waals surface area (Å²) < 4.78 is 5.65. The smallest absolute Gasteiger partial charge is 0.216 e. The molecule has 2 rings (SSSR count). The van der Waals surface area contributed by atoms with Gasteiger partial charge in [-0.2, -0.15) is 0 Å². The van der Waals surface area contributed by atoms with Gasteiger partial charge >= 0.3 is 0 Å². The number of ether oxygens (including phenoxy) is 1. The van der Waals surface area contributed by atoms with E-state index in [4.69, 9.17) is 4.74 Å². The Morgan fingerprint density at radius 2 is 1.95 bits per heavy atom. The van der Waals surface area contributed by atoms with Crippen molar-refractivity contribution in [3.63, 3.8) is 0 Å². The van der Waals surface area contributed by atoms with E-state index in [-0.39, 0.29) is 5.91 Å². The van der Waals surface area contributed by atoms with Crippen molar-refractivity contribution in [1.29, 1.82) is 0 Å². The molecule has 19 heavy (non-hydrogen) atoms. The Kier molecular flexibility index (Phi) is 5.25. The molecule has 0 bridgehead atoms. The van der Waals surface area contributed by atoms with E-state index in [9.17, 15) is 4.79 Å². The van der Waals surface area contributed by atoms with Gasteiger partial charge in [-0.1, -0.05) is 25.0 Å². The first-order valence-corrected chi connectivity index (χ1v) is 7.23. The fraction of sp³-hybridized carbons (Fsp3) is 0.562. The summed E-state index contributed by atoms with van der Waals surface area (Å²) in [6, 6.07) is 8.51. The Morgan fingerprint density at radius 3 is 2.58 bits per heavy atom. The molecule has 0 heterocycles. The molecule has 1 amide bonds. The summed E-state index contributed by atoms with van der Waals surface area (Å²) in [6.45, 7) is 2.85. The fourth-order valence-corrected chi connectivity index (χ4v) is 2.62.